The van der Waals surface area contributed by atoms with Crippen LogP contribution in [-0.4, -0.2) is 11.5 Å². The van der Waals surface area contributed by atoms with Gasteiger partial charge in [0.2, 0.25) is 0 Å². The van der Waals surface area contributed by atoms with Gasteiger partial charge in [0.15, 0.2) is 0 Å². The minimum absolute atomic E-state index is 0.111. The summed E-state index contributed by atoms with van der Waals surface area (Å²) in [6.07, 6.45) is 0.802. The zero-order valence-electron chi connectivity index (χ0n) is 12.5. The minimum Gasteiger partial charge on any atom is -0.310 e. The molecule has 0 fully saturated rings. The van der Waals surface area contributed by atoms with Crippen LogP contribution in [0, 0.1) is 26.6 Å². The molecule has 0 aliphatic heterocycles. The second kappa shape index (κ2) is 6.46. The maximum atomic E-state index is 13.6. The summed E-state index contributed by atoms with van der Waals surface area (Å²) in [7, 11) is 0. The van der Waals surface area contributed by atoms with Crippen molar-refractivity contribution in [1.82, 2.24) is 10.3 Å². The molecule has 0 amide bonds. The van der Waals surface area contributed by atoms with Gasteiger partial charge in [-0.3, -0.25) is 0 Å². The molecule has 2 aromatic rings. The summed E-state index contributed by atoms with van der Waals surface area (Å²) in [5.74, 6) is -0.172. The van der Waals surface area contributed by atoms with Gasteiger partial charge in [0.05, 0.1) is 10.7 Å². The Labute approximate surface area is 124 Å². The third-order valence-corrected chi connectivity index (χ3v) is 4.46. The zero-order valence-corrected chi connectivity index (χ0v) is 13.3. The number of hydrogen-bond acceptors (Lipinski definition) is 3. The van der Waals surface area contributed by atoms with E-state index in [4.69, 9.17) is 0 Å². The van der Waals surface area contributed by atoms with Crippen molar-refractivity contribution >= 4 is 11.3 Å². The fraction of sp³-hybridized carbons (Fsp3) is 0.438. The molecule has 0 bridgehead atoms. The third kappa shape index (κ3) is 3.64. The molecule has 1 aromatic carbocycles. The second-order valence-corrected chi connectivity index (χ2v) is 6.41. The maximum absolute atomic E-state index is 13.6. The van der Waals surface area contributed by atoms with Gasteiger partial charge >= 0.3 is 0 Å². The van der Waals surface area contributed by atoms with Gasteiger partial charge in [0.1, 0.15) is 5.82 Å². The number of thiazole rings is 1. The summed E-state index contributed by atoms with van der Waals surface area (Å²) < 4.78 is 13.6. The van der Waals surface area contributed by atoms with Gasteiger partial charge in [-0.05, 0) is 50.6 Å². The minimum atomic E-state index is -0.172. The van der Waals surface area contributed by atoms with E-state index >= 15 is 0 Å². The molecule has 2 rings (SSSR count). The highest BCUT2D eigenvalue weighted by Crippen LogP contribution is 2.24. The lowest BCUT2D eigenvalue weighted by Gasteiger charge is -2.18. The van der Waals surface area contributed by atoms with Crippen molar-refractivity contribution in [2.45, 2.75) is 40.2 Å². The van der Waals surface area contributed by atoms with E-state index in [2.05, 4.69) is 24.1 Å². The van der Waals surface area contributed by atoms with E-state index in [9.17, 15) is 4.39 Å². The highest BCUT2D eigenvalue weighted by atomic mass is 32.1. The molecule has 1 atom stereocenters. The van der Waals surface area contributed by atoms with Crippen LogP contribution < -0.4 is 5.32 Å². The Morgan fingerprint density at radius 3 is 2.55 bits per heavy atom. The Morgan fingerprint density at radius 2 is 2.00 bits per heavy atom. The van der Waals surface area contributed by atoms with Gasteiger partial charge in [-0.1, -0.05) is 13.0 Å². The number of rotatable bonds is 5. The number of nitrogens with one attached hydrogen (secondary N) is 1. The van der Waals surface area contributed by atoms with Crippen LogP contribution in [0.15, 0.2) is 18.2 Å². The number of halogens is 1. The second-order valence-electron chi connectivity index (χ2n) is 5.13. The Morgan fingerprint density at radius 1 is 1.25 bits per heavy atom. The van der Waals surface area contributed by atoms with E-state index in [-0.39, 0.29) is 11.9 Å². The van der Waals surface area contributed by atoms with Crippen LogP contribution in [0.5, 0.6) is 0 Å². The molecule has 0 aliphatic carbocycles. The molecule has 108 valence electrons. The van der Waals surface area contributed by atoms with Crippen LogP contribution in [0.1, 0.15) is 39.7 Å². The van der Waals surface area contributed by atoms with Crippen molar-refractivity contribution in [2.75, 3.05) is 6.54 Å². The van der Waals surface area contributed by atoms with Crippen molar-refractivity contribution in [3.8, 4) is 0 Å². The van der Waals surface area contributed by atoms with E-state index in [0.717, 1.165) is 34.8 Å². The Bertz CT molecular complexity index is 552. The molecule has 2 nitrogen and oxygen atoms in total. The third-order valence-electron chi connectivity index (χ3n) is 3.37. The lowest BCUT2D eigenvalue weighted by molar-refractivity contribution is 0.541. The summed E-state index contributed by atoms with van der Waals surface area (Å²) in [5, 5.41) is 4.54. The first-order valence-electron chi connectivity index (χ1n) is 6.93. The molecule has 4 heteroatoms. The average Bonchev–Trinajstić information content (AvgIpc) is 2.66. The number of benzene rings is 1. The van der Waals surface area contributed by atoms with Crippen LogP contribution in [0.4, 0.5) is 4.39 Å². The van der Waals surface area contributed by atoms with Crippen LogP contribution in [0.25, 0.3) is 0 Å². The SMILES string of the molecule is CCNC(Cc1nc(C)c(C)s1)c1cc(C)cc(F)c1. The predicted molar refractivity (Wildman–Crippen MR) is 82.8 cm³/mol. The van der Waals surface area contributed by atoms with Gasteiger partial charge < -0.3 is 5.32 Å². The van der Waals surface area contributed by atoms with Gasteiger partial charge in [0, 0.05) is 17.3 Å². The molecule has 0 saturated heterocycles. The quantitative estimate of drug-likeness (QED) is 0.897. The topological polar surface area (TPSA) is 24.9 Å². The molecule has 0 spiro atoms. The predicted octanol–water partition coefficient (Wildman–Crippen LogP) is 4.10. The van der Waals surface area contributed by atoms with E-state index in [1.807, 2.05) is 19.9 Å². The monoisotopic (exact) mass is 292 g/mol. The largest absolute Gasteiger partial charge is 0.310 e. The van der Waals surface area contributed by atoms with Gasteiger partial charge in [-0.2, -0.15) is 0 Å². The molecule has 1 unspecified atom stereocenters. The van der Waals surface area contributed by atoms with Crippen LogP contribution in [0.2, 0.25) is 0 Å². The first-order chi connectivity index (χ1) is 9.49. The van der Waals surface area contributed by atoms with Gasteiger partial charge in [-0.15, -0.1) is 11.3 Å². The van der Waals surface area contributed by atoms with Crippen molar-refractivity contribution in [2.24, 2.45) is 0 Å². The number of aryl methyl sites for hydroxylation is 3. The number of aromatic nitrogens is 1. The Kier molecular flexibility index (Phi) is 4.89. The fourth-order valence-electron chi connectivity index (χ4n) is 2.32. The Hall–Kier alpha value is -1.26. The molecular formula is C16H21FN2S. The molecule has 0 aliphatic rings. The lowest BCUT2D eigenvalue weighted by Crippen LogP contribution is -2.23. The number of nitrogens with zero attached hydrogens (tertiary/aromatic N) is 1. The molecule has 20 heavy (non-hydrogen) atoms. The van der Waals surface area contributed by atoms with Crippen molar-refractivity contribution in [1.29, 1.82) is 0 Å². The standard InChI is InChI=1S/C16H21FN2S/c1-5-18-15(9-16-19-11(3)12(4)20-16)13-6-10(2)7-14(17)8-13/h6-8,15,18H,5,9H2,1-4H3. The summed E-state index contributed by atoms with van der Waals surface area (Å²) >= 11 is 1.73. The fourth-order valence-corrected chi connectivity index (χ4v) is 3.30. The lowest BCUT2D eigenvalue weighted by atomic mass is 10.0. The van der Waals surface area contributed by atoms with Gasteiger partial charge in [0.25, 0.3) is 0 Å². The summed E-state index contributed by atoms with van der Waals surface area (Å²) in [4.78, 5) is 5.84. The highest BCUT2D eigenvalue weighted by Gasteiger charge is 2.15. The molecule has 0 radical (unpaired) electrons. The van der Waals surface area contributed by atoms with E-state index in [1.54, 1.807) is 23.5 Å². The molecular weight excluding hydrogens is 271 g/mol. The first-order valence-corrected chi connectivity index (χ1v) is 7.74. The van der Waals surface area contributed by atoms with E-state index < -0.39 is 0 Å². The number of hydrogen-bond donors (Lipinski definition) is 1. The van der Waals surface area contributed by atoms with Crippen molar-refractivity contribution < 1.29 is 4.39 Å². The summed E-state index contributed by atoms with van der Waals surface area (Å²) in [6.45, 7) is 8.96. The smallest absolute Gasteiger partial charge is 0.123 e. The van der Waals surface area contributed by atoms with Crippen molar-refractivity contribution in [3.63, 3.8) is 0 Å². The summed E-state index contributed by atoms with van der Waals surface area (Å²) in [5.41, 5.74) is 3.04. The molecule has 1 N–H and O–H groups in total. The maximum Gasteiger partial charge on any atom is 0.123 e. The molecule has 1 aromatic heterocycles. The van der Waals surface area contributed by atoms with E-state index in [0.29, 0.717) is 0 Å². The van der Waals surface area contributed by atoms with E-state index in [1.165, 1.54) is 4.88 Å². The van der Waals surface area contributed by atoms with Crippen LogP contribution >= 0.6 is 11.3 Å². The zero-order chi connectivity index (χ0) is 14.7. The highest BCUT2D eigenvalue weighted by molar-refractivity contribution is 7.11. The van der Waals surface area contributed by atoms with Crippen LogP contribution in [0.3, 0.4) is 0 Å². The van der Waals surface area contributed by atoms with Crippen LogP contribution in [-0.2, 0) is 6.42 Å². The molecule has 0 saturated carbocycles. The Balaban J connectivity index is 2.26. The number of likely N-dealkylation sites (N-methyl/N-ethyl adjacent to an activating group) is 1. The molecule has 1 heterocycles. The van der Waals surface area contributed by atoms with Gasteiger partial charge in [-0.25, -0.2) is 9.37 Å². The van der Waals surface area contributed by atoms with Crippen molar-refractivity contribution in [3.05, 3.63) is 50.7 Å². The summed E-state index contributed by atoms with van der Waals surface area (Å²) in [6, 6.07) is 5.33. The first kappa shape index (κ1) is 15.1. The average molecular weight is 292 g/mol. The normalized spacial score (nSPS) is 12.7.